The van der Waals surface area contributed by atoms with E-state index < -0.39 is 5.97 Å². The molecule has 0 unspecified atom stereocenters. The molecule has 0 radical (unpaired) electrons. The van der Waals surface area contributed by atoms with Gasteiger partial charge in [0.05, 0.1) is 24.9 Å². The molecule has 3 aromatic rings. The van der Waals surface area contributed by atoms with E-state index in [4.69, 9.17) is 9.47 Å². The van der Waals surface area contributed by atoms with Crippen LogP contribution in [0.3, 0.4) is 0 Å². The molecular formula is C21H22N2O3. The van der Waals surface area contributed by atoms with Crippen LogP contribution in [0.15, 0.2) is 42.5 Å². The first-order valence-corrected chi connectivity index (χ1v) is 8.51. The minimum absolute atomic E-state index is 0.260. The molecule has 0 spiro atoms. The quantitative estimate of drug-likeness (QED) is 0.671. The molecule has 0 aliphatic carbocycles. The van der Waals surface area contributed by atoms with Gasteiger partial charge in [-0.3, -0.25) is 0 Å². The lowest BCUT2D eigenvalue weighted by molar-refractivity contribution is 0.0594. The summed E-state index contributed by atoms with van der Waals surface area (Å²) in [5.74, 6) is 0.292. The molecule has 1 aromatic heterocycles. The number of carbonyl (C=O) groups is 1. The van der Waals surface area contributed by atoms with Crippen LogP contribution in [0, 0.1) is 13.8 Å². The predicted molar refractivity (Wildman–Crippen MR) is 103 cm³/mol. The van der Waals surface area contributed by atoms with Crippen LogP contribution in [0.4, 0.5) is 11.4 Å². The number of benzene rings is 2. The van der Waals surface area contributed by atoms with Crippen LogP contribution in [0.1, 0.15) is 28.5 Å². The van der Waals surface area contributed by atoms with Gasteiger partial charge in [0.25, 0.3) is 0 Å². The maximum atomic E-state index is 12.0. The summed E-state index contributed by atoms with van der Waals surface area (Å²) < 4.78 is 10.4. The summed E-state index contributed by atoms with van der Waals surface area (Å²) in [6.07, 6.45) is 0. The number of nitrogens with zero attached hydrogens (tertiary/aromatic N) is 1. The molecule has 0 fully saturated rings. The van der Waals surface area contributed by atoms with Gasteiger partial charge in [-0.15, -0.1) is 0 Å². The van der Waals surface area contributed by atoms with E-state index in [2.05, 4.69) is 42.3 Å². The monoisotopic (exact) mass is 350 g/mol. The van der Waals surface area contributed by atoms with Crippen molar-refractivity contribution in [3.8, 4) is 5.75 Å². The van der Waals surface area contributed by atoms with Gasteiger partial charge in [0.1, 0.15) is 5.75 Å². The average Bonchev–Trinajstić information content (AvgIpc) is 2.60. The third-order valence-corrected chi connectivity index (χ3v) is 3.99. The second-order valence-electron chi connectivity index (χ2n) is 6.16. The van der Waals surface area contributed by atoms with Crippen molar-refractivity contribution >= 4 is 28.2 Å². The molecule has 5 heteroatoms. The molecule has 0 aliphatic rings. The van der Waals surface area contributed by atoms with Gasteiger partial charge < -0.3 is 14.8 Å². The summed E-state index contributed by atoms with van der Waals surface area (Å²) in [6, 6.07) is 13.6. The lowest BCUT2D eigenvalue weighted by Crippen LogP contribution is -2.06. The standard InChI is InChI=1S/C21H22N2O3/c1-5-26-16-6-7-18-17(11-16)19(12-20(23-18)21(24)25-4)22-15-9-13(2)8-14(3)10-15/h6-12H,5H2,1-4H3,(H,22,23). The van der Waals surface area contributed by atoms with Crippen LogP contribution >= 0.6 is 0 Å². The van der Waals surface area contributed by atoms with Gasteiger partial charge in [-0.05, 0) is 68.3 Å². The molecule has 2 aromatic carbocycles. The van der Waals surface area contributed by atoms with E-state index in [0.717, 1.165) is 33.6 Å². The van der Waals surface area contributed by atoms with Crippen molar-refractivity contribution in [3.05, 3.63) is 59.3 Å². The Morgan fingerprint density at radius 2 is 1.81 bits per heavy atom. The Balaban J connectivity index is 2.14. The third kappa shape index (κ3) is 3.77. The summed E-state index contributed by atoms with van der Waals surface area (Å²) in [6.45, 7) is 6.63. The topological polar surface area (TPSA) is 60.5 Å². The van der Waals surface area contributed by atoms with Crippen molar-refractivity contribution in [2.45, 2.75) is 20.8 Å². The van der Waals surface area contributed by atoms with Crippen molar-refractivity contribution < 1.29 is 14.3 Å². The summed E-state index contributed by atoms with van der Waals surface area (Å²) in [5, 5.41) is 4.29. The van der Waals surface area contributed by atoms with Crippen molar-refractivity contribution in [1.82, 2.24) is 4.98 Å². The summed E-state index contributed by atoms with van der Waals surface area (Å²) in [7, 11) is 1.35. The number of anilines is 2. The molecule has 0 amide bonds. The van der Waals surface area contributed by atoms with Crippen molar-refractivity contribution in [2.24, 2.45) is 0 Å². The van der Waals surface area contributed by atoms with E-state index in [1.165, 1.54) is 7.11 Å². The maximum absolute atomic E-state index is 12.0. The Morgan fingerprint density at radius 3 is 2.46 bits per heavy atom. The summed E-state index contributed by atoms with van der Waals surface area (Å²) >= 11 is 0. The highest BCUT2D eigenvalue weighted by Crippen LogP contribution is 2.30. The number of esters is 1. The number of fused-ring (bicyclic) bond motifs is 1. The van der Waals surface area contributed by atoms with Gasteiger partial charge in [-0.25, -0.2) is 9.78 Å². The van der Waals surface area contributed by atoms with Crippen molar-refractivity contribution in [2.75, 3.05) is 19.0 Å². The predicted octanol–water partition coefficient (Wildman–Crippen LogP) is 4.78. The Hall–Kier alpha value is -3.08. The van der Waals surface area contributed by atoms with Crippen LogP contribution in [-0.2, 0) is 4.74 Å². The molecule has 0 saturated heterocycles. The fourth-order valence-corrected chi connectivity index (χ4v) is 2.98. The number of rotatable bonds is 5. The highest BCUT2D eigenvalue weighted by atomic mass is 16.5. The normalized spacial score (nSPS) is 10.6. The highest BCUT2D eigenvalue weighted by molar-refractivity contribution is 5.99. The Kier molecular flexibility index (Phi) is 5.07. The fraction of sp³-hybridized carbons (Fsp3) is 0.238. The van der Waals surface area contributed by atoms with Gasteiger partial charge in [0.15, 0.2) is 5.69 Å². The van der Waals surface area contributed by atoms with Crippen molar-refractivity contribution in [3.63, 3.8) is 0 Å². The van der Waals surface area contributed by atoms with E-state index in [0.29, 0.717) is 12.1 Å². The number of aryl methyl sites for hydroxylation is 2. The summed E-state index contributed by atoms with van der Waals surface area (Å²) in [5.41, 5.74) is 5.01. The molecule has 1 N–H and O–H groups in total. The molecule has 0 saturated carbocycles. The lowest BCUT2D eigenvalue weighted by Gasteiger charge is -2.14. The molecule has 134 valence electrons. The molecule has 1 heterocycles. The van der Waals surface area contributed by atoms with E-state index in [1.807, 2.05) is 25.1 Å². The largest absolute Gasteiger partial charge is 0.494 e. The molecule has 0 aliphatic heterocycles. The lowest BCUT2D eigenvalue weighted by atomic mass is 10.1. The van der Waals surface area contributed by atoms with Gasteiger partial charge in [-0.1, -0.05) is 6.07 Å². The van der Waals surface area contributed by atoms with Gasteiger partial charge in [-0.2, -0.15) is 0 Å². The smallest absolute Gasteiger partial charge is 0.356 e. The van der Waals surface area contributed by atoms with Gasteiger partial charge in [0, 0.05) is 11.1 Å². The second-order valence-corrected chi connectivity index (χ2v) is 6.16. The number of carbonyl (C=O) groups excluding carboxylic acids is 1. The number of methoxy groups -OCH3 is 1. The molecule has 26 heavy (non-hydrogen) atoms. The zero-order chi connectivity index (χ0) is 18.7. The minimum atomic E-state index is -0.468. The number of ether oxygens (including phenoxy) is 2. The number of hydrogen-bond acceptors (Lipinski definition) is 5. The second kappa shape index (κ2) is 7.44. The minimum Gasteiger partial charge on any atom is -0.494 e. The first-order valence-electron chi connectivity index (χ1n) is 8.51. The van der Waals surface area contributed by atoms with E-state index in [9.17, 15) is 4.79 Å². The Morgan fingerprint density at radius 1 is 1.08 bits per heavy atom. The van der Waals surface area contributed by atoms with E-state index in [1.54, 1.807) is 6.07 Å². The average molecular weight is 350 g/mol. The molecule has 3 rings (SSSR count). The van der Waals surface area contributed by atoms with Crippen molar-refractivity contribution in [1.29, 1.82) is 0 Å². The number of aromatic nitrogens is 1. The first kappa shape index (κ1) is 17.7. The highest BCUT2D eigenvalue weighted by Gasteiger charge is 2.14. The third-order valence-electron chi connectivity index (χ3n) is 3.99. The zero-order valence-corrected chi connectivity index (χ0v) is 15.4. The van der Waals surface area contributed by atoms with Gasteiger partial charge in [0.2, 0.25) is 0 Å². The van der Waals surface area contributed by atoms with Gasteiger partial charge >= 0.3 is 5.97 Å². The van der Waals surface area contributed by atoms with Crippen LogP contribution in [0.25, 0.3) is 10.9 Å². The molecule has 0 bridgehead atoms. The van der Waals surface area contributed by atoms with E-state index in [-0.39, 0.29) is 5.69 Å². The molecular weight excluding hydrogens is 328 g/mol. The molecule has 0 atom stereocenters. The maximum Gasteiger partial charge on any atom is 0.356 e. The van der Waals surface area contributed by atoms with Crippen LogP contribution in [0.2, 0.25) is 0 Å². The van der Waals surface area contributed by atoms with Crippen LogP contribution < -0.4 is 10.1 Å². The zero-order valence-electron chi connectivity index (χ0n) is 15.4. The fourth-order valence-electron chi connectivity index (χ4n) is 2.98. The SMILES string of the molecule is CCOc1ccc2nc(C(=O)OC)cc(Nc3cc(C)cc(C)c3)c2c1. The first-order chi connectivity index (χ1) is 12.5. The Bertz CT molecular complexity index is 947. The number of hydrogen-bond donors (Lipinski definition) is 1. The van der Waals surface area contributed by atoms with Crippen LogP contribution in [0.5, 0.6) is 5.75 Å². The summed E-state index contributed by atoms with van der Waals surface area (Å²) in [4.78, 5) is 16.4. The Labute approximate surface area is 153 Å². The number of nitrogens with one attached hydrogen (secondary N) is 1. The van der Waals surface area contributed by atoms with E-state index >= 15 is 0 Å². The van der Waals surface area contributed by atoms with Crippen LogP contribution in [-0.4, -0.2) is 24.7 Å². The number of pyridine rings is 1. The molecule has 5 nitrogen and oxygen atoms in total.